The summed E-state index contributed by atoms with van der Waals surface area (Å²) in [6.07, 6.45) is 3.83. The van der Waals surface area contributed by atoms with E-state index in [2.05, 4.69) is 0 Å². The Kier molecular flexibility index (Phi) is 2.86. The number of ether oxygens (including phenoxy) is 2. The SMILES string of the molecule is COC(=O)c1cc(=O)oc2cc3c(cc12)OC(C)(C)C=C3. The third-order valence-corrected chi connectivity index (χ3v) is 3.32. The monoisotopic (exact) mass is 286 g/mol. The van der Waals surface area contributed by atoms with Crippen molar-refractivity contribution in [3.05, 3.63) is 45.8 Å². The van der Waals surface area contributed by atoms with E-state index in [4.69, 9.17) is 13.9 Å². The summed E-state index contributed by atoms with van der Waals surface area (Å²) in [7, 11) is 1.27. The van der Waals surface area contributed by atoms with Gasteiger partial charge in [0.15, 0.2) is 0 Å². The van der Waals surface area contributed by atoms with E-state index in [-0.39, 0.29) is 5.56 Å². The lowest BCUT2D eigenvalue weighted by atomic mass is 10.00. The third kappa shape index (κ3) is 2.31. The minimum absolute atomic E-state index is 0.169. The van der Waals surface area contributed by atoms with Crippen LogP contribution in [0.5, 0.6) is 5.75 Å². The number of hydrogen-bond acceptors (Lipinski definition) is 5. The van der Waals surface area contributed by atoms with E-state index >= 15 is 0 Å². The second kappa shape index (κ2) is 4.48. The minimum Gasteiger partial charge on any atom is -0.483 e. The van der Waals surface area contributed by atoms with Crippen LogP contribution in [0.15, 0.2) is 33.5 Å². The Morgan fingerprint density at radius 3 is 2.71 bits per heavy atom. The molecule has 0 amide bonds. The molecule has 3 rings (SSSR count). The molecule has 0 unspecified atom stereocenters. The van der Waals surface area contributed by atoms with Gasteiger partial charge >= 0.3 is 11.6 Å². The van der Waals surface area contributed by atoms with Crippen molar-refractivity contribution < 1.29 is 18.7 Å². The maximum Gasteiger partial charge on any atom is 0.338 e. The molecule has 2 heterocycles. The van der Waals surface area contributed by atoms with Crippen molar-refractivity contribution in [3.8, 4) is 5.75 Å². The molecule has 5 nitrogen and oxygen atoms in total. The largest absolute Gasteiger partial charge is 0.483 e. The molecule has 0 atom stereocenters. The van der Waals surface area contributed by atoms with Gasteiger partial charge in [0, 0.05) is 17.0 Å². The van der Waals surface area contributed by atoms with Crippen molar-refractivity contribution in [1.82, 2.24) is 0 Å². The topological polar surface area (TPSA) is 65.7 Å². The number of carbonyl (C=O) groups excluding carboxylic acids is 1. The molecule has 21 heavy (non-hydrogen) atoms. The molecular weight excluding hydrogens is 272 g/mol. The molecule has 2 aromatic rings. The second-order valence-corrected chi connectivity index (χ2v) is 5.40. The Labute approximate surface area is 120 Å². The molecule has 0 radical (unpaired) electrons. The number of benzene rings is 1. The number of hydrogen-bond donors (Lipinski definition) is 0. The molecule has 1 aromatic carbocycles. The summed E-state index contributed by atoms with van der Waals surface area (Å²) in [6, 6.07) is 4.51. The van der Waals surface area contributed by atoms with Gasteiger partial charge in [-0.2, -0.15) is 0 Å². The number of carbonyl (C=O) groups is 1. The number of esters is 1. The van der Waals surface area contributed by atoms with Crippen LogP contribution < -0.4 is 10.4 Å². The van der Waals surface area contributed by atoms with Gasteiger partial charge in [0.05, 0.1) is 12.7 Å². The summed E-state index contributed by atoms with van der Waals surface area (Å²) < 4.78 is 15.7. The van der Waals surface area contributed by atoms with Crippen LogP contribution in [0, 0.1) is 0 Å². The maximum absolute atomic E-state index is 11.8. The lowest BCUT2D eigenvalue weighted by molar-refractivity contribution is 0.0602. The van der Waals surface area contributed by atoms with Gasteiger partial charge in [0.2, 0.25) is 0 Å². The predicted octanol–water partition coefficient (Wildman–Crippen LogP) is 2.76. The van der Waals surface area contributed by atoms with Crippen LogP contribution in [0.2, 0.25) is 0 Å². The molecule has 1 aliphatic rings. The molecule has 1 aromatic heterocycles. The Bertz CT molecular complexity index is 826. The zero-order chi connectivity index (χ0) is 15.2. The van der Waals surface area contributed by atoms with Gasteiger partial charge in [-0.1, -0.05) is 6.08 Å². The van der Waals surface area contributed by atoms with E-state index < -0.39 is 17.2 Å². The summed E-state index contributed by atoms with van der Waals surface area (Å²) in [5, 5.41) is 0.492. The molecule has 1 aliphatic heterocycles. The van der Waals surface area contributed by atoms with Gasteiger partial charge in [0.1, 0.15) is 16.9 Å². The van der Waals surface area contributed by atoms with Crippen molar-refractivity contribution in [2.45, 2.75) is 19.4 Å². The molecule has 108 valence electrons. The quantitative estimate of drug-likeness (QED) is 0.595. The van der Waals surface area contributed by atoms with E-state index in [1.807, 2.05) is 26.0 Å². The molecule has 0 N–H and O–H groups in total. The molecule has 0 bridgehead atoms. The highest BCUT2D eigenvalue weighted by molar-refractivity contribution is 6.03. The first-order chi connectivity index (χ1) is 9.89. The second-order valence-electron chi connectivity index (χ2n) is 5.40. The highest BCUT2D eigenvalue weighted by atomic mass is 16.5. The summed E-state index contributed by atoms with van der Waals surface area (Å²) in [5.41, 5.74) is 0.273. The Morgan fingerprint density at radius 2 is 2.00 bits per heavy atom. The zero-order valence-electron chi connectivity index (χ0n) is 11.9. The number of fused-ring (bicyclic) bond motifs is 2. The van der Waals surface area contributed by atoms with Crippen LogP contribution in [0.4, 0.5) is 0 Å². The minimum atomic E-state index is -0.594. The Balaban J connectivity index is 2.30. The normalized spacial score (nSPS) is 15.4. The van der Waals surface area contributed by atoms with Crippen molar-refractivity contribution in [2.75, 3.05) is 7.11 Å². The van der Waals surface area contributed by atoms with Gasteiger partial charge in [-0.3, -0.25) is 0 Å². The van der Waals surface area contributed by atoms with Crippen molar-refractivity contribution in [3.63, 3.8) is 0 Å². The molecule has 0 fully saturated rings. The molecule has 0 saturated carbocycles. The van der Waals surface area contributed by atoms with Gasteiger partial charge in [-0.25, -0.2) is 9.59 Å². The highest BCUT2D eigenvalue weighted by Crippen LogP contribution is 2.34. The molecule has 0 spiro atoms. The number of methoxy groups -OCH3 is 1. The maximum atomic E-state index is 11.8. The van der Waals surface area contributed by atoms with Gasteiger partial charge < -0.3 is 13.9 Å². The molecule has 0 saturated heterocycles. The van der Waals surface area contributed by atoms with Gasteiger partial charge in [0.25, 0.3) is 0 Å². The smallest absolute Gasteiger partial charge is 0.338 e. The average Bonchev–Trinajstić information content (AvgIpc) is 2.43. The van der Waals surface area contributed by atoms with E-state index in [0.717, 1.165) is 11.6 Å². The van der Waals surface area contributed by atoms with Crippen LogP contribution in [0.25, 0.3) is 17.0 Å². The van der Waals surface area contributed by atoms with Crippen LogP contribution in [-0.2, 0) is 4.74 Å². The fourth-order valence-electron chi connectivity index (χ4n) is 2.31. The average molecular weight is 286 g/mol. The summed E-state index contributed by atoms with van der Waals surface area (Å²) in [5.74, 6) is 0.0486. The summed E-state index contributed by atoms with van der Waals surface area (Å²) in [4.78, 5) is 23.4. The first-order valence-electron chi connectivity index (χ1n) is 6.48. The molecular formula is C16H14O5. The lowest BCUT2D eigenvalue weighted by Gasteiger charge is -2.28. The standard InChI is InChI=1S/C16H14O5/c1-16(2)5-4-9-6-13-10(7-12(9)21-16)11(15(18)19-3)8-14(17)20-13/h4-8H,1-3H3. The third-order valence-electron chi connectivity index (χ3n) is 3.32. The summed E-state index contributed by atoms with van der Waals surface area (Å²) >= 11 is 0. The number of rotatable bonds is 1. The summed E-state index contributed by atoms with van der Waals surface area (Å²) in [6.45, 7) is 3.87. The molecule has 5 heteroatoms. The molecule has 0 aliphatic carbocycles. The van der Waals surface area contributed by atoms with E-state index in [0.29, 0.717) is 16.7 Å². The van der Waals surface area contributed by atoms with E-state index in [1.54, 1.807) is 12.1 Å². The van der Waals surface area contributed by atoms with Crippen LogP contribution in [0.1, 0.15) is 29.8 Å². The van der Waals surface area contributed by atoms with Crippen molar-refractivity contribution in [2.24, 2.45) is 0 Å². The van der Waals surface area contributed by atoms with Crippen LogP contribution in [-0.4, -0.2) is 18.7 Å². The van der Waals surface area contributed by atoms with Gasteiger partial charge in [-0.05, 0) is 32.1 Å². The van der Waals surface area contributed by atoms with Gasteiger partial charge in [-0.15, -0.1) is 0 Å². The predicted molar refractivity (Wildman–Crippen MR) is 77.6 cm³/mol. The van der Waals surface area contributed by atoms with Crippen molar-refractivity contribution in [1.29, 1.82) is 0 Å². The first kappa shape index (κ1) is 13.4. The lowest BCUT2D eigenvalue weighted by Crippen LogP contribution is -2.27. The van der Waals surface area contributed by atoms with E-state index in [9.17, 15) is 9.59 Å². The van der Waals surface area contributed by atoms with Crippen LogP contribution in [0.3, 0.4) is 0 Å². The first-order valence-corrected chi connectivity index (χ1v) is 6.48. The fraction of sp³-hybridized carbons (Fsp3) is 0.250. The highest BCUT2D eigenvalue weighted by Gasteiger charge is 2.24. The Hall–Kier alpha value is -2.56. The van der Waals surface area contributed by atoms with E-state index in [1.165, 1.54) is 7.11 Å². The zero-order valence-corrected chi connectivity index (χ0v) is 11.9. The van der Waals surface area contributed by atoms with Crippen LogP contribution >= 0.6 is 0 Å². The Morgan fingerprint density at radius 1 is 1.24 bits per heavy atom. The van der Waals surface area contributed by atoms with Crippen molar-refractivity contribution >= 4 is 23.0 Å². The fourth-order valence-corrected chi connectivity index (χ4v) is 2.31.